The number of fused-ring (bicyclic) bond motifs is 1. The van der Waals surface area contributed by atoms with Gasteiger partial charge in [-0.25, -0.2) is 9.97 Å². The summed E-state index contributed by atoms with van der Waals surface area (Å²) in [6.45, 7) is 2.21. The number of para-hydroxylation sites is 1. The Morgan fingerprint density at radius 1 is 1.33 bits per heavy atom. The molecule has 0 aliphatic carbocycles. The van der Waals surface area contributed by atoms with Crippen molar-refractivity contribution in [2.24, 2.45) is 0 Å². The number of amides is 1. The first-order chi connectivity index (χ1) is 11.5. The van der Waals surface area contributed by atoms with Gasteiger partial charge in [0.25, 0.3) is 5.91 Å². The molecule has 0 radical (unpaired) electrons. The van der Waals surface area contributed by atoms with E-state index in [1.54, 1.807) is 0 Å². The smallest absolute Gasteiger partial charge is 0.261 e. The quantitative estimate of drug-likeness (QED) is 0.929. The van der Waals surface area contributed by atoms with E-state index in [4.69, 9.17) is 4.74 Å². The number of benzene rings is 1. The van der Waals surface area contributed by atoms with Gasteiger partial charge in [-0.15, -0.1) is 0 Å². The van der Waals surface area contributed by atoms with E-state index in [1.807, 2.05) is 56.3 Å². The summed E-state index contributed by atoms with van der Waals surface area (Å²) in [6, 6.07) is 9.75. The number of ether oxygens (including phenoxy) is 1. The van der Waals surface area contributed by atoms with Crippen LogP contribution in [0.15, 0.2) is 30.3 Å². The lowest BCUT2D eigenvalue weighted by Gasteiger charge is -2.25. The highest BCUT2D eigenvalue weighted by molar-refractivity contribution is 5.81. The first-order valence-electron chi connectivity index (χ1n) is 8.07. The molecular weight excluding hydrogens is 304 g/mol. The number of hydrogen-bond acceptors (Lipinski definition) is 5. The van der Waals surface area contributed by atoms with Crippen molar-refractivity contribution in [3.63, 3.8) is 0 Å². The van der Waals surface area contributed by atoms with Crippen molar-refractivity contribution in [3.8, 4) is 5.75 Å². The van der Waals surface area contributed by atoms with Crippen LogP contribution in [-0.2, 0) is 17.8 Å². The zero-order valence-electron chi connectivity index (χ0n) is 14.2. The minimum Gasteiger partial charge on any atom is -0.480 e. The fourth-order valence-electron chi connectivity index (χ4n) is 2.71. The first-order valence-corrected chi connectivity index (χ1v) is 8.07. The molecule has 0 spiro atoms. The lowest BCUT2D eigenvalue weighted by molar-refractivity contribution is -0.128. The topological polar surface area (TPSA) is 67.4 Å². The second-order valence-corrected chi connectivity index (χ2v) is 6.15. The van der Waals surface area contributed by atoms with Crippen LogP contribution in [0.25, 0.3) is 0 Å². The van der Waals surface area contributed by atoms with Gasteiger partial charge in [0.05, 0.1) is 6.54 Å². The van der Waals surface area contributed by atoms with Crippen LogP contribution in [0.3, 0.4) is 0 Å². The summed E-state index contributed by atoms with van der Waals surface area (Å²) in [5.41, 5.74) is 2.03. The molecule has 2 aromatic rings. The summed E-state index contributed by atoms with van der Waals surface area (Å²) in [5, 5.41) is 2.89. The van der Waals surface area contributed by atoms with Crippen LogP contribution < -0.4 is 15.0 Å². The van der Waals surface area contributed by atoms with Crippen molar-refractivity contribution in [2.45, 2.75) is 32.4 Å². The number of nitrogens with one attached hydrogen (secondary N) is 1. The highest BCUT2D eigenvalue weighted by atomic mass is 16.5. The normalized spacial score (nSPS) is 16.0. The Hall–Kier alpha value is -2.63. The van der Waals surface area contributed by atoms with E-state index in [0.717, 1.165) is 29.2 Å². The minimum absolute atomic E-state index is 0.124. The maximum absolute atomic E-state index is 12.4. The number of nitrogens with zero attached hydrogens (tertiary/aromatic N) is 3. The molecule has 1 aromatic heterocycles. The van der Waals surface area contributed by atoms with Crippen LogP contribution >= 0.6 is 0 Å². The Balaban J connectivity index is 1.62. The molecule has 1 unspecified atom stereocenters. The number of rotatable bonds is 4. The standard InChI is InChI=1S/C18H22N4O2/c1-12-10-17(22(2)3)21-16(20-12)11-19-18(23)15-9-8-13-6-4-5-7-14(13)24-15/h4-7,10,15H,8-9,11H2,1-3H3,(H,19,23). The molecule has 1 aromatic carbocycles. The van der Waals surface area contributed by atoms with E-state index in [1.165, 1.54) is 0 Å². The van der Waals surface area contributed by atoms with E-state index >= 15 is 0 Å². The van der Waals surface area contributed by atoms with Gasteiger partial charge in [0.15, 0.2) is 6.10 Å². The highest BCUT2D eigenvalue weighted by Gasteiger charge is 2.25. The van der Waals surface area contributed by atoms with Gasteiger partial charge in [0, 0.05) is 25.9 Å². The third-order valence-electron chi connectivity index (χ3n) is 3.98. The Morgan fingerprint density at radius 2 is 2.12 bits per heavy atom. The largest absolute Gasteiger partial charge is 0.480 e. The van der Waals surface area contributed by atoms with Gasteiger partial charge in [-0.05, 0) is 31.4 Å². The molecule has 1 aliphatic heterocycles. The zero-order valence-corrected chi connectivity index (χ0v) is 14.2. The summed E-state index contributed by atoms with van der Waals surface area (Å²) in [6.07, 6.45) is 1.07. The third kappa shape index (κ3) is 3.64. The average Bonchev–Trinajstić information content (AvgIpc) is 2.58. The van der Waals surface area contributed by atoms with Crippen LogP contribution in [0.1, 0.15) is 23.5 Å². The molecule has 2 heterocycles. The van der Waals surface area contributed by atoms with E-state index in [-0.39, 0.29) is 5.91 Å². The molecule has 126 valence electrons. The average molecular weight is 326 g/mol. The number of aryl methyl sites for hydroxylation is 2. The minimum atomic E-state index is -0.460. The second kappa shape index (κ2) is 6.86. The lowest BCUT2D eigenvalue weighted by atomic mass is 10.0. The van der Waals surface area contributed by atoms with Crippen LogP contribution in [0.5, 0.6) is 5.75 Å². The van der Waals surface area contributed by atoms with Crippen molar-refractivity contribution in [1.29, 1.82) is 0 Å². The van der Waals surface area contributed by atoms with Crippen molar-refractivity contribution < 1.29 is 9.53 Å². The number of anilines is 1. The maximum atomic E-state index is 12.4. The molecule has 0 saturated carbocycles. The highest BCUT2D eigenvalue weighted by Crippen LogP contribution is 2.27. The van der Waals surface area contributed by atoms with E-state index < -0.39 is 6.10 Å². The first kappa shape index (κ1) is 16.2. The zero-order chi connectivity index (χ0) is 17.1. The number of hydrogen-bond donors (Lipinski definition) is 1. The van der Waals surface area contributed by atoms with Gasteiger partial charge in [-0.2, -0.15) is 0 Å². The molecule has 1 N–H and O–H groups in total. The van der Waals surface area contributed by atoms with Gasteiger partial charge in [0.2, 0.25) is 0 Å². The summed E-state index contributed by atoms with van der Waals surface area (Å²) >= 11 is 0. The lowest BCUT2D eigenvalue weighted by Crippen LogP contribution is -2.40. The Bertz CT molecular complexity index is 746. The summed E-state index contributed by atoms with van der Waals surface area (Å²) in [5.74, 6) is 2.10. The van der Waals surface area contributed by atoms with Crippen molar-refractivity contribution in [2.75, 3.05) is 19.0 Å². The van der Waals surface area contributed by atoms with E-state index in [0.29, 0.717) is 18.8 Å². The molecule has 6 heteroatoms. The van der Waals surface area contributed by atoms with Crippen molar-refractivity contribution in [3.05, 3.63) is 47.4 Å². The van der Waals surface area contributed by atoms with Crippen molar-refractivity contribution >= 4 is 11.7 Å². The van der Waals surface area contributed by atoms with Gasteiger partial charge >= 0.3 is 0 Å². The fourth-order valence-corrected chi connectivity index (χ4v) is 2.71. The summed E-state index contributed by atoms with van der Waals surface area (Å²) in [7, 11) is 3.86. The molecule has 6 nitrogen and oxygen atoms in total. The Labute approximate surface area is 141 Å². The molecule has 1 aliphatic rings. The Morgan fingerprint density at radius 3 is 2.92 bits per heavy atom. The number of carbonyl (C=O) groups excluding carboxylic acids is 1. The summed E-state index contributed by atoms with van der Waals surface area (Å²) < 4.78 is 5.81. The van der Waals surface area contributed by atoms with Crippen LogP contribution in [0, 0.1) is 6.92 Å². The second-order valence-electron chi connectivity index (χ2n) is 6.15. The predicted molar refractivity (Wildman–Crippen MR) is 92.1 cm³/mol. The van der Waals surface area contributed by atoms with E-state index in [9.17, 15) is 4.79 Å². The fraction of sp³-hybridized carbons (Fsp3) is 0.389. The maximum Gasteiger partial charge on any atom is 0.261 e. The molecule has 3 rings (SSSR count). The van der Waals surface area contributed by atoms with Crippen LogP contribution in [-0.4, -0.2) is 36.1 Å². The van der Waals surface area contributed by atoms with Crippen LogP contribution in [0.4, 0.5) is 5.82 Å². The van der Waals surface area contributed by atoms with Crippen molar-refractivity contribution in [1.82, 2.24) is 15.3 Å². The van der Waals surface area contributed by atoms with Gasteiger partial charge in [0.1, 0.15) is 17.4 Å². The third-order valence-corrected chi connectivity index (χ3v) is 3.98. The molecule has 1 atom stereocenters. The number of carbonyl (C=O) groups is 1. The molecule has 24 heavy (non-hydrogen) atoms. The molecule has 0 saturated heterocycles. The molecular formula is C18H22N4O2. The Kier molecular flexibility index (Phi) is 4.64. The molecule has 1 amide bonds. The summed E-state index contributed by atoms with van der Waals surface area (Å²) in [4.78, 5) is 23.1. The van der Waals surface area contributed by atoms with E-state index in [2.05, 4.69) is 15.3 Å². The SMILES string of the molecule is Cc1cc(N(C)C)nc(CNC(=O)C2CCc3ccccc3O2)n1. The van der Waals surface area contributed by atoms with Gasteiger partial charge < -0.3 is 15.0 Å². The monoisotopic (exact) mass is 326 g/mol. The van der Waals surface area contributed by atoms with Gasteiger partial charge in [-0.3, -0.25) is 4.79 Å². The molecule has 0 fully saturated rings. The van der Waals surface area contributed by atoms with Crippen LogP contribution in [0.2, 0.25) is 0 Å². The number of aromatic nitrogens is 2. The van der Waals surface area contributed by atoms with Gasteiger partial charge in [-0.1, -0.05) is 18.2 Å². The molecule has 0 bridgehead atoms. The predicted octanol–water partition coefficient (Wildman–Crippen LogP) is 1.86.